The molecule has 0 atom stereocenters. The van der Waals surface area contributed by atoms with Crippen LogP contribution in [0, 0.1) is 5.41 Å². The van der Waals surface area contributed by atoms with Crippen LogP contribution in [-0.2, 0) is 24.3 Å². The van der Waals surface area contributed by atoms with Crippen molar-refractivity contribution in [2.75, 3.05) is 32.9 Å². The van der Waals surface area contributed by atoms with Gasteiger partial charge in [-0.3, -0.25) is 4.79 Å². The molecule has 0 spiro atoms. The molecule has 0 saturated carbocycles. The Morgan fingerprint density at radius 3 is 2.20 bits per heavy atom. The van der Waals surface area contributed by atoms with Gasteiger partial charge in [0.05, 0.1) is 23.7 Å². The van der Waals surface area contributed by atoms with Crippen LogP contribution in [0.2, 0.25) is 0 Å². The monoisotopic (exact) mass is 369 g/mol. The SMILES string of the molecule is CC(C)(C)C(=O)COC(=O)c1ccc(S(=O)(=O)N2CCOCC2)cc1. The standard InChI is InChI=1S/C17H23NO6S/c1-17(2,3)15(19)12-24-16(20)13-4-6-14(7-5-13)25(21,22)18-8-10-23-11-9-18/h4-7H,8-12H2,1-3H3. The average molecular weight is 369 g/mol. The summed E-state index contributed by atoms with van der Waals surface area (Å²) < 4.78 is 36.5. The minimum Gasteiger partial charge on any atom is -0.454 e. The Bertz CT molecular complexity index is 727. The highest BCUT2D eigenvalue weighted by molar-refractivity contribution is 7.89. The molecule has 1 aliphatic heterocycles. The Hall–Kier alpha value is -1.77. The Morgan fingerprint density at radius 1 is 1.12 bits per heavy atom. The van der Waals surface area contributed by atoms with E-state index in [1.54, 1.807) is 20.8 Å². The second-order valence-corrected chi connectivity index (χ2v) is 8.73. The minimum atomic E-state index is -3.60. The predicted octanol–water partition coefficient (Wildman–Crippen LogP) is 1.48. The topological polar surface area (TPSA) is 90.0 Å². The molecule has 1 aromatic rings. The van der Waals surface area contributed by atoms with Crippen molar-refractivity contribution in [3.63, 3.8) is 0 Å². The van der Waals surface area contributed by atoms with Gasteiger partial charge in [0.2, 0.25) is 10.0 Å². The Morgan fingerprint density at radius 2 is 1.68 bits per heavy atom. The van der Waals surface area contributed by atoms with Gasteiger partial charge in [-0.2, -0.15) is 4.31 Å². The number of nitrogens with zero attached hydrogens (tertiary/aromatic N) is 1. The number of ketones is 1. The number of carbonyl (C=O) groups excluding carboxylic acids is 2. The van der Waals surface area contributed by atoms with Crippen LogP contribution in [-0.4, -0.2) is 57.4 Å². The number of hydrogen-bond donors (Lipinski definition) is 0. The summed E-state index contributed by atoms with van der Waals surface area (Å²) in [5.41, 5.74) is -0.390. The molecule has 7 nitrogen and oxygen atoms in total. The summed E-state index contributed by atoms with van der Waals surface area (Å²) in [4.78, 5) is 23.9. The number of morpholine rings is 1. The highest BCUT2D eigenvalue weighted by Crippen LogP contribution is 2.19. The fourth-order valence-electron chi connectivity index (χ4n) is 2.13. The van der Waals surface area contributed by atoms with Crippen LogP contribution in [0.3, 0.4) is 0 Å². The maximum absolute atomic E-state index is 12.5. The Labute approximate surface area is 148 Å². The van der Waals surface area contributed by atoms with Crippen molar-refractivity contribution in [1.82, 2.24) is 4.31 Å². The van der Waals surface area contributed by atoms with Crippen LogP contribution >= 0.6 is 0 Å². The lowest BCUT2D eigenvalue weighted by atomic mass is 9.91. The van der Waals surface area contributed by atoms with Crippen LogP contribution in [0.5, 0.6) is 0 Å². The normalized spacial score (nSPS) is 16.4. The predicted molar refractivity (Wildman–Crippen MR) is 90.8 cm³/mol. The summed E-state index contributed by atoms with van der Waals surface area (Å²) in [5.74, 6) is -0.847. The molecule has 0 aromatic heterocycles. The van der Waals surface area contributed by atoms with Gasteiger partial charge in [-0.1, -0.05) is 20.8 Å². The van der Waals surface area contributed by atoms with Gasteiger partial charge in [-0.15, -0.1) is 0 Å². The van der Waals surface area contributed by atoms with Crippen molar-refractivity contribution in [1.29, 1.82) is 0 Å². The van der Waals surface area contributed by atoms with Crippen molar-refractivity contribution in [2.45, 2.75) is 25.7 Å². The lowest BCUT2D eigenvalue weighted by molar-refractivity contribution is -0.129. The van der Waals surface area contributed by atoms with Gasteiger partial charge in [0.25, 0.3) is 0 Å². The zero-order chi connectivity index (χ0) is 18.7. The third kappa shape index (κ3) is 4.87. The molecule has 1 heterocycles. The molecule has 1 fully saturated rings. The molecule has 0 aliphatic carbocycles. The molecule has 25 heavy (non-hydrogen) atoms. The van der Waals surface area contributed by atoms with Crippen molar-refractivity contribution in [2.24, 2.45) is 5.41 Å². The third-order valence-corrected chi connectivity index (χ3v) is 5.78. The van der Waals surface area contributed by atoms with Crippen molar-refractivity contribution < 1.29 is 27.5 Å². The van der Waals surface area contributed by atoms with E-state index < -0.39 is 21.4 Å². The van der Waals surface area contributed by atoms with Crippen LogP contribution in [0.4, 0.5) is 0 Å². The second-order valence-electron chi connectivity index (χ2n) is 6.79. The first-order valence-corrected chi connectivity index (χ1v) is 9.45. The van der Waals surface area contributed by atoms with Crippen molar-refractivity contribution in [3.8, 4) is 0 Å². The van der Waals surface area contributed by atoms with E-state index in [2.05, 4.69) is 0 Å². The fourth-order valence-corrected chi connectivity index (χ4v) is 3.54. The van der Waals surface area contributed by atoms with Crippen molar-refractivity contribution in [3.05, 3.63) is 29.8 Å². The number of benzene rings is 1. The molecule has 0 bridgehead atoms. The first-order chi connectivity index (χ1) is 11.6. The zero-order valence-electron chi connectivity index (χ0n) is 14.6. The average Bonchev–Trinajstić information content (AvgIpc) is 2.59. The molecule has 1 aliphatic rings. The number of ether oxygens (including phenoxy) is 2. The summed E-state index contributed by atoms with van der Waals surface area (Å²) in [7, 11) is -3.60. The minimum absolute atomic E-state index is 0.108. The molecular weight excluding hydrogens is 346 g/mol. The molecule has 2 rings (SSSR count). The quantitative estimate of drug-likeness (QED) is 0.730. The molecule has 0 unspecified atom stereocenters. The van der Waals surface area contributed by atoms with Crippen molar-refractivity contribution >= 4 is 21.8 Å². The summed E-state index contributed by atoms with van der Waals surface area (Å²) in [5, 5.41) is 0. The largest absolute Gasteiger partial charge is 0.454 e. The number of Topliss-reactive ketones (excluding diaryl/α,β-unsaturated/α-hetero) is 1. The lowest BCUT2D eigenvalue weighted by Crippen LogP contribution is -2.40. The van der Waals surface area contributed by atoms with E-state index >= 15 is 0 Å². The van der Waals surface area contributed by atoms with E-state index in [0.29, 0.717) is 26.3 Å². The summed E-state index contributed by atoms with van der Waals surface area (Å²) >= 11 is 0. The van der Waals surface area contributed by atoms with Gasteiger partial charge in [0, 0.05) is 18.5 Å². The number of esters is 1. The number of sulfonamides is 1. The number of hydrogen-bond acceptors (Lipinski definition) is 6. The van der Waals surface area contributed by atoms with E-state index in [1.807, 2.05) is 0 Å². The van der Waals surface area contributed by atoms with Crippen LogP contribution in [0.15, 0.2) is 29.2 Å². The highest BCUT2D eigenvalue weighted by Gasteiger charge is 2.27. The highest BCUT2D eigenvalue weighted by atomic mass is 32.2. The Kier molecular flexibility index (Phi) is 5.97. The molecular formula is C17H23NO6S. The molecule has 8 heteroatoms. The molecule has 1 saturated heterocycles. The molecule has 0 N–H and O–H groups in total. The maximum atomic E-state index is 12.5. The summed E-state index contributed by atoms with van der Waals surface area (Å²) in [6, 6.07) is 5.51. The Balaban J connectivity index is 2.04. The molecule has 138 valence electrons. The zero-order valence-corrected chi connectivity index (χ0v) is 15.5. The fraction of sp³-hybridized carbons (Fsp3) is 0.529. The molecule has 0 amide bonds. The second kappa shape index (κ2) is 7.63. The van der Waals surface area contributed by atoms with Gasteiger partial charge >= 0.3 is 5.97 Å². The van der Waals surface area contributed by atoms with Gasteiger partial charge in [0.15, 0.2) is 12.4 Å². The molecule has 0 radical (unpaired) electrons. The van der Waals surface area contributed by atoms with E-state index in [4.69, 9.17) is 9.47 Å². The van der Waals surface area contributed by atoms with E-state index in [0.717, 1.165) is 0 Å². The van der Waals surface area contributed by atoms with E-state index in [1.165, 1.54) is 28.6 Å². The third-order valence-electron chi connectivity index (χ3n) is 3.87. The smallest absolute Gasteiger partial charge is 0.338 e. The van der Waals surface area contributed by atoms with Gasteiger partial charge in [-0.05, 0) is 24.3 Å². The lowest BCUT2D eigenvalue weighted by Gasteiger charge is -2.26. The first kappa shape index (κ1) is 19.6. The first-order valence-electron chi connectivity index (χ1n) is 8.01. The summed E-state index contributed by atoms with van der Waals surface area (Å²) in [6.45, 7) is 6.27. The van der Waals surface area contributed by atoms with E-state index in [-0.39, 0.29) is 22.8 Å². The maximum Gasteiger partial charge on any atom is 0.338 e. The van der Waals surface area contributed by atoms with E-state index in [9.17, 15) is 18.0 Å². The van der Waals surface area contributed by atoms with Crippen LogP contribution in [0.1, 0.15) is 31.1 Å². The van der Waals surface area contributed by atoms with Gasteiger partial charge in [0.1, 0.15) is 0 Å². The molecule has 1 aromatic carbocycles. The van der Waals surface area contributed by atoms with Gasteiger partial charge < -0.3 is 9.47 Å². The summed E-state index contributed by atoms with van der Waals surface area (Å²) in [6.07, 6.45) is 0. The number of rotatable bonds is 5. The van der Waals surface area contributed by atoms with Gasteiger partial charge in [-0.25, -0.2) is 13.2 Å². The van der Waals surface area contributed by atoms with Crippen LogP contribution < -0.4 is 0 Å². The van der Waals surface area contributed by atoms with Crippen LogP contribution in [0.25, 0.3) is 0 Å². The number of carbonyl (C=O) groups is 2.